The van der Waals surface area contributed by atoms with Crippen LogP contribution in [-0.4, -0.2) is 43.1 Å². The number of hydrogen-bond donors (Lipinski definition) is 2. The second-order valence-electron chi connectivity index (χ2n) is 10.6. The van der Waals surface area contributed by atoms with E-state index in [0.29, 0.717) is 11.8 Å². The predicted octanol–water partition coefficient (Wildman–Crippen LogP) is 6.83. The van der Waals surface area contributed by atoms with Gasteiger partial charge in [0.05, 0.1) is 5.69 Å². The zero-order chi connectivity index (χ0) is 25.4. The van der Waals surface area contributed by atoms with Crippen molar-refractivity contribution in [2.24, 2.45) is 0 Å². The van der Waals surface area contributed by atoms with Crippen LogP contribution in [0.1, 0.15) is 61.2 Å². The Labute approximate surface area is 218 Å². The van der Waals surface area contributed by atoms with Crippen LogP contribution in [0.15, 0.2) is 66.9 Å². The zero-order valence-corrected chi connectivity index (χ0v) is 21.8. The van der Waals surface area contributed by atoms with Crippen molar-refractivity contribution in [3.63, 3.8) is 0 Å². The van der Waals surface area contributed by atoms with Crippen LogP contribution in [0, 0.1) is 6.92 Å². The highest BCUT2D eigenvalue weighted by Gasteiger charge is 2.24. The van der Waals surface area contributed by atoms with Crippen molar-refractivity contribution in [1.29, 1.82) is 0 Å². The molecule has 6 nitrogen and oxygen atoms in total. The maximum Gasteiger partial charge on any atom is 0.161 e. The topological polar surface area (TPSA) is 73.5 Å². The first-order valence-corrected chi connectivity index (χ1v) is 13.3. The molecular weight excluding hydrogens is 456 g/mol. The first-order valence-electron chi connectivity index (χ1n) is 13.3. The second kappa shape index (κ2) is 9.94. The van der Waals surface area contributed by atoms with Crippen molar-refractivity contribution in [3.8, 4) is 22.6 Å². The maximum absolute atomic E-state index is 4.59. The number of hydrogen-bond acceptors (Lipinski definition) is 4. The molecule has 0 aliphatic carbocycles. The van der Waals surface area contributed by atoms with E-state index < -0.39 is 0 Å². The number of nitrogens with zero attached hydrogens (tertiary/aromatic N) is 4. The van der Waals surface area contributed by atoms with E-state index in [1.54, 1.807) is 0 Å². The zero-order valence-electron chi connectivity index (χ0n) is 21.8. The van der Waals surface area contributed by atoms with Gasteiger partial charge < -0.3 is 9.97 Å². The summed E-state index contributed by atoms with van der Waals surface area (Å²) in [6.07, 6.45) is 4.09. The Kier molecular flexibility index (Phi) is 6.35. The lowest BCUT2D eigenvalue weighted by Crippen LogP contribution is -2.32. The molecule has 0 unspecified atom stereocenters. The van der Waals surface area contributed by atoms with Crippen LogP contribution < -0.4 is 0 Å². The van der Waals surface area contributed by atoms with Crippen LogP contribution >= 0.6 is 0 Å². The lowest BCUT2D eigenvalue weighted by Gasteiger charge is -2.30. The molecule has 4 heterocycles. The van der Waals surface area contributed by atoms with Crippen molar-refractivity contribution in [2.45, 2.75) is 52.0 Å². The summed E-state index contributed by atoms with van der Waals surface area (Å²) in [7, 11) is 0. The minimum atomic E-state index is 0.374. The summed E-state index contributed by atoms with van der Waals surface area (Å²) in [6.45, 7) is 9.73. The number of H-pyrrole nitrogens is 2. The molecule has 6 rings (SSSR count). The SMILES string of the molecule is Cc1cc(-c2[nH]c3ccc(-c4nnc(C5CCN(Cc6ccccc6)CC5)[nH]4)cc3c2C(C)C)ccn1. The van der Waals surface area contributed by atoms with Gasteiger partial charge in [-0.25, -0.2) is 0 Å². The molecule has 1 fully saturated rings. The minimum Gasteiger partial charge on any atom is -0.354 e. The van der Waals surface area contributed by atoms with Gasteiger partial charge in [0.1, 0.15) is 5.82 Å². The van der Waals surface area contributed by atoms with Gasteiger partial charge in [-0.1, -0.05) is 44.2 Å². The summed E-state index contributed by atoms with van der Waals surface area (Å²) < 4.78 is 0. The summed E-state index contributed by atoms with van der Waals surface area (Å²) in [4.78, 5) is 14.1. The number of aryl methyl sites for hydroxylation is 1. The average Bonchev–Trinajstić information content (AvgIpc) is 3.55. The van der Waals surface area contributed by atoms with Crippen LogP contribution in [0.3, 0.4) is 0 Å². The van der Waals surface area contributed by atoms with E-state index in [2.05, 4.69) is 105 Å². The summed E-state index contributed by atoms with van der Waals surface area (Å²) in [6, 6.07) is 21.5. The second-order valence-corrected chi connectivity index (χ2v) is 10.6. The summed E-state index contributed by atoms with van der Waals surface area (Å²) in [5.74, 6) is 2.66. The van der Waals surface area contributed by atoms with Crippen molar-refractivity contribution >= 4 is 10.9 Å². The molecule has 0 amide bonds. The summed E-state index contributed by atoms with van der Waals surface area (Å²) in [5.41, 5.74) is 8.29. The molecule has 2 aromatic carbocycles. The third-order valence-corrected chi connectivity index (χ3v) is 7.60. The van der Waals surface area contributed by atoms with Gasteiger partial charge in [0.25, 0.3) is 0 Å². The highest BCUT2D eigenvalue weighted by molar-refractivity contribution is 5.93. The third kappa shape index (κ3) is 4.81. The largest absolute Gasteiger partial charge is 0.354 e. The first-order chi connectivity index (χ1) is 18.0. The number of nitrogens with one attached hydrogen (secondary N) is 2. The number of aromatic nitrogens is 5. The lowest BCUT2D eigenvalue weighted by atomic mass is 9.95. The van der Waals surface area contributed by atoms with Crippen molar-refractivity contribution in [1.82, 2.24) is 30.0 Å². The minimum absolute atomic E-state index is 0.374. The van der Waals surface area contributed by atoms with Crippen LogP contribution in [0.5, 0.6) is 0 Å². The Bertz CT molecular complexity index is 1510. The van der Waals surface area contributed by atoms with Crippen molar-refractivity contribution in [2.75, 3.05) is 13.1 Å². The molecule has 0 radical (unpaired) electrons. The highest BCUT2D eigenvalue weighted by atomic mass is 15.2. The Morgan fingerprint density at radius 3 is 2.49 bits per heavy atom. The molecule has 0 bridgehead atoms. The van der Waals surface area contributed by atoms with Gasteiger partial charge in [0.15, 0.2) is 5.82 Å². The molecule has 2 N–H and O–H groups in total. The molecule has 0 atom stereocenters. The molecule has 37 heavy (non-hydrogen) atoms. The number of fused-ring (bicyclic) bond motifs is 1. The van der Waals surface area contributed by atoms with Crippen molar-refractivity contribution in [3.05, 3.63) is 89.5 Å². The monoisotopic (exact) mass is 490 g/mol. The standard InChI is InChI=1S/C31H34N6/c1-20(2)28-26-18-25(9-10-27(26)33-29(28)24-11-14-32-21(3)17-24)31-34-30(35-36-31)23-12-15-37(16-13-23)19-22-7-5-4-6-8-22/h4-11,14,17-18,20,23,33H,12-13,15-16,19H2,1-3H3,(H,34,35,36). The maximum atomic E-state index is 4.59. The quantitative estimate of drug-likeness (QED) is 0.274. The Hall–Kier alpha value is -3.77. The first kappa shape index (κ1) is 23.6. The third-order valence-electron chi connectivity index (χ3n) is 7.60. The van der Waals surface area contributed by atoms with Gasteiger partial charge in [-0.3, -0.25) is 9.88 Å². The van der Waals surface area contributed by atoms with Crippen LogP contribution in [-0.2, 0) is 6.54 Å². The number of aromatic amines is 2. The Morgan fingerprint density at radius 1 is 0.919 bits per heavy atom. The highest BCUT2D eigenvalue weighted by Crippen LogP contribution is 2.37. The molecule has 0 saturated carbocycles. The van der Waals surface area contributed by atoms with E-state index >= 15 is 0 Å². The molecule has 0 spiro atoms. The summed E-state index contributed by atoms with van der Waals surface area (Å²) >= 11 is 0. The number of pyridine rings is 1. The van der Waals surface area contributed by atoms with E-state index in [0.717, 1.165) is 60.9 Å². The van der Waals surface area contributed by atoms with Crippen LogP contribution in [0.25, 0.3) is 33.5 Å². The number of rotatable bonds is 6. The molecule has 5 aromatic rings. The van der Waals surface area contributed by atoms with Gasteiger partial charge in [0, 0.05) is 46.4 Å². The molecule has 188 valence electrons. The van der Waals surface area contributed by atoms with E-state index in [9.17, 15) is 0 Å². The van der Waals surface area contributed by atoms with E-state index in [1.807, 2.05) is 13.1 Å². The fourth-order valence-corrected chi connectivity index (χ4v) is 5.68. The predicted molar refractivity (Wildman–Crippen MR) is 149 cm³/mol. The molecule has 1 aliphatic rings. The average molecular weight is 491 g/mol. The fraction of sp³-hybridized carbons (Fsp3) is 0.323. The van der Waals surface area contributed by atoms with E-state index in [1.165, 1.54) is 27.8 Å². The van der Waals surface area contributed by atoms with Gasteiger partial charge >= 0.3 is 0 Å². The summed E-state index contributed by atoms with van der Waals surface area (Å²) in [5, 5.41) is 10.4. The molecular formula is C31H34N6. The van der Waals surface area contributed by atoms with Crippen LogP contribution in [0.2, 0.25) is 0 Å². The normalized spacial score (nSPS) is 15.1. The molecule has 1 aliphatic heterocycles. The fourth-order valence-electron chi connectivity index (χ4n) is 5.68. The lowest BCUT2D eigenvalue weighted by molar-refractivity contribution is 0.202. The van der Waals surface area contributed by atoms with Gasteiger partial charge in [-0.05, 0) is 80.2 Å². The number of benzene rings is 2. The van der Waals surface area contributed by atoms with Gasteiger partial charge in [0.2, 0.25) is 0 Å². The van der Waals surface area contributed by atoms with Gasteiger partial charge in [-0.15, -0.1) is 10.2 Å². The van der Waals surface area contributed by atoms with E-state index in [-0.39, 0.29) is 0 Å². The van der Waals surface area contributed by atoms with Crippen LogP contribution in [0.4, 0.5) is 0 Å². The molecule has 6 heteroatoms. The Morgan fingerprint density at radius 2 is 1.73 bits per heavy atom. The van der Waals surface area contributed by atoms with Crippen molar-refractivity contribution < 1.29 is 0 Å². The number of piperidine rings is 1. The number of likely N-dealkylation sites (tertiary alicyclic amines) is 1. The van der Waals surface area contributed by atoms with Gasteiger partial charge in [-0.2, -0.15) is 0 Å². The molecule has 3 aromatic heterocycles. The molecule has 1 saturated heterocycles. The Balaban J connectivity index is 1.23. The smallest absolute Gasteiger partial charge is 0.161 e. The van der Waals surface area contributed by atoms with E-state index in [4.69, 9.17) is 0 Å².